The fourth-order valence-electron chi connectivity index (χ4n) is 1.85. The summed E-state index contributed by atoms with van der Waals surface area (Å²) in [5.74, 6) is 0.139. The summed E-state index contributed by atoms with van der Waals surface area (Å²) in [6, 6.07) is 7.23. The highest BCUT2D eigenvalue weighted by Gasteiger charge is 2.31. The third-order valence-electron chi connectivity index (χ3n) is 3.01. The van der Waals surface area contributed by atoms with Crippen LogP contribution in [-0.4, -0.2) is 17.1 Å². The van der Waals surface area contributed by atoms with Crippen molar-refractivity contribution in [1.82, 2.24) is 4.98 Å². The molecule has 0 saturated carbocycles. The molecule has 0 saturated heterocycles. The Morgan fingerprint density at radius 1 is 1.26 bits per heavy atom. The molecule has 0 aliphatic heterocycles. The van der Waals surface area contributed by atoms with Gasteiger partial charge in [-0.05, 0) is 30.0 Å². The van der Waals surface area contributed by atoms with Gasteiger partial charge in [0.15, 0.2) is 0 Å². The number of alkyl halides is 3. The number of H-pyrrole nitrogens is 1. The van der Waals surface area contributed by atoms with E-state index in [-0.39, 0.29) is 5.56 Å². The number of benzene rings is 1. The Hall–Kier alpha value is -2.22. The summed E-state index contributed by atoms with van der Waals surface area (Å²) in [5, 5.41) is 2.20. The van der Waals surface area contributed by atoms with Crippen LogP contribution in [0.3, 0.4) is 0 Å². The van der Waals surface area contributed by atoms with E-state index in [0.717, 1.165) is 11.3 Å². The lowest BCUT2D eigenvalue weighted by atomic mass is 10.1. The fourth-order valence-corrected chi connectivity index (χ4v) is 2.38. The smallest absolute Gasteiger partial charge is 0.327 e. The molecule has 1 heterocycles. The number of thioether (sulfide) groups is 1. The summed E-state index contributed by atoms with van der Waals surface area (Å²) in [4.78, 5) is 25.6. The molecule has 0 unspecified atom stereocenters. The van der Waals surface area contributed by atoms with Gasteiger partial charge in [-0.25, -0.2) is 0 Å². The Bertz CT molecular complexity index is 755. The number of hydrogen-bond donors (Lipinski definition) is 2. The third kappa shape index (κ3) is 4.38. The lowest BCUT2D eigenvalue weighted by Gasteiger charge is -2.09. The van der Waals surface area contributed by atoms with Crippen molar-refractivity contribution in [3.8, 4) is 0 Å². The van der Waals surface area contributed by atoms with Crippen LogP contribution in [0.15, 0.2) is 41.3 Å². The molecular formula is C15H13F3N2O2S. The second-order valence-corrected chi connectivity index (χ2v) is 5.58. The molecule has 1 aromatic carbocycles. The van der Waals surface area contributed by atoms with Crippen molar-refractivity contribution in [1.29, 1.82) is 0 Å². The largest absolute Gasteiger partial charge is 0.417 e. The van der Waals surface area contributed by atoms with Crippen LogP contribution in [0.1, 0.15) is 21.5 Å². The van der Waals surface area contributed by atoms with Crippen LogP contribution < -0.4 is 10.9 Å². The maximum atomic E-state index is 12.6. The molecule has 2 rings (SSSR count). The molecule has 2 N–H and O–H groups in total. The van der Waals surface area contributed by atoms with Crippen LogP contribution in [0, 0.1) is 0 Å². The Balaban J connectivity index is 2.21. The number of halogens is 3. The normalized spacial score (nSPS) is 11.3. The first-order valence-corrected chi connectivity index (χ1v) is 7.90. The summed E-state index contributed by atoms with van der Waals surface area (Å²) >= 11 is 1.62. The fraction of sp³-hybridized carbons (Fsp3) is 0.200. The van der Waals surface area contributed by atoms with Gasteiger partial charge in [0.2, 0.25) is 0 Å². The second-order valence-electron chi connectivity index (χ2n) is 4.71. The number of rotatable bonds is 4. The van der Waals surface area contributed by atoms with Gasteiger partial charge in [-0.2, -0.15) is 24.9 Å². The topological polar surface area (TPSA) is 62.0 Å². The average Bonchev–Trinajstić information content (AvgIpc) is 2.49. The average molecular weight is 342 g/mol. The SMILES string of the molecule is CSCc1ccc(C(=O)Nc2cc(C(F)(F)F)c[nH]c2=O)cc1. The van der Waals surface area contributed by atoms with Crippen LogP contribution in [0.2, 0.25) is 0 Å². The standard InChI is InChI=1S/C15H13F3N2O2S/c1-23-8-9-2-4-10(5-3-9)13(21)20-12-6-11(15(16,17)18)7-19-14(12)22/h2-7H,8H2,1H3,(H,19,22)(H,20,21). The number of hydrogen-bond acceptors (Lipinski definition) is 3. The molecule has 0 bridgehead atoms. The van der Waals surface area contributed by atoms with E-state index in [4.69, 9.17) is 0 Å². The molecule has 2 aromatic rings. The number of carbonyl (C=O) groups is 1. The molecule has 1 amide bonds. The van der Waals surface area contributed by atoms with Gasteiger partial charge >= 0.3 is 6.18 Å². The van der Waals surface area contributed by atoms with Gasteiger partial charge in [0.1, 0.15) is 5.69 Å². The zero-order valence-corrected chi connectivity index (χ0v) is 12.8. The molecule has 1 aromatic heterocycles. The van der Waals surface area contributed by atoms with Gasteiger partial charge in [-0.3, -0.25) is 9.59 Å². The molecule has 0 atom stereocenters. The first-order valence-electron chi connectivity index (χ1n) is 6.50. The van der Waals surface area contributed by atoms with Crippen molar-refractivity contribution in [2.75, 3.05) is 11.6 Å². The Morgan fingerprint density at radius 3 is 2.48 bits per heavy atom. The number of amides is 1. The van der Waals surface area contributed by atoms with Gasteiger partial charge in [-0.15, -0.1) is 0 Å². The highest BCUT2D eigenvalue weighted by molar-refractivity contribution is 7.97. The molecular weight excluding hydrogens is 329 g/mol. The van der Waals surface area contributed by atoms with Gasteiger partial charge < -0.3 is 10.3 Å². The van der Waals surface area contributed by atoms with Crippen molar-refractivity contribution in [3.63, 3.8) is 0 Å². The summed E-state index contributed by atoms with van der Waals surface area (Å²) < 4.78 is 37.9. The summed E-state index contributed by atoms with van der Waals surface area (Å²) in [7, 11) is 0. The third-order valence-corrected chi connectivity index (χ3v) is 3.63. The zero-order chi connectivity index (χ0) is 17.0. The zero-order valence-electron chi connectivity index (χ0n) is 12.0. The number of pyridine rings is 1. The van der Waals surface area contributed by atoms with Gasteiger partial charge in [0.25, 0.3) is 11.5 Å². The highest BCUT2D eigenvalue weighted by Crippen LogP contribution is 2.29. The maximum Gasteiger partial charge on any atom is 0.417 e. The quantitative estimate of drug-likeness (QED) is 0.894. The van der Waals surface area contributed by atoms with Crippen LogP contribution in [-0.2, 0) is 11.9 Å². The van der Waals surface area contributed by atoms with Crippen molar-refractivity contribution in [2.45, 2.75) is 11.9 Å². The van der Waals surface area contributed by atoms with Crippen molar-refractivity contribution >= 4 is 23.4 Å². The molecule has 4 nitrogen and oxygen atoms in total. The molecule has 0 fully saturated rings. The van der Waals surface area contributed by atoms with E-state index in [1.165, 1.54) is 0 Å². The van der Waals surface area contributed by atoms with Crippen molar-refractivity contribution < 1.29 is 18.0 Å². The van der Waals surface area contributed by atoms with E-state index in [1.54, 1.807) is 36.0 Å². The van der Waals surface area contributed by atoms with Gasteiger partial charge in [0, 0.05) is 17.5 Å². The molecule has 8 heteroatoms. The maximum absolute atomic E-state index is 12.6. The van der Waals surface area contributed by atoms with Crippen LogP contribution >= 0.6 is 11.8 Å². The molecule has 23 heavy (non-hydrogen) atoms. The van der Waals surface area contributed by atoms with Crippen LogP contribution in [0.5, 0.6) is 0 Å². The first kappa shape index (κ1) is 17.1. The predicted molar refractivity (Wildman–Crippen MR) is 83.7 cm³/mol. The number of anilines is 1. The molecule has 0 aliphatic carbocycles. The number of carbonyl (C=O) groups excluding carboxylic acids is 1. The Kier molecular flexibility index (Phi) is 5.15. The minimum Gasteiger partial charge on any atom is -0.327 e. The second kappa shape index (κ2) is 6.91. The predicted octanol–water partition coefficient (Wildman–Crippen LogP) is 3.51. The van der Waals surface area contributed by atoms with Crippen LogP contribution in [0.4, 0.5) is 18.9 Å². The summed E-state index contributed by atoms with van der Waals surface area (Å²) in [5.41, 5.74) is -1.01. The van der Waals surface area contributed by atoms with E-state index in [1.807, 2.05) is 11.2 Å². The monoisotopic (exact) mass is 342 g/mol. The number of aromatic amines is 1. The summed E-state index contributed by atoms with van der Waals surface area (Å²) in [6.07, 6.45) is -2.10. The van der Waals surface area contributed by atoms with E-state index in [2.05, 4.69) is 5.32 Å². The lowest BCUT2D eigenvalue weighted by Crippen LogP contribution is -2.21. The van der Waals surface area contributed by atoms with Crippen LogP contribution in [0.25, 0.3) is 0 Å². The minimum absolute atomic E-state index is 0.256. The van der Waals surface area contributed by atoms with Gasteiger partial charge in [0.05, 0.1) is 5.56 Å². The van der Waals surface area contributed by atoms with E-state index in [0.29, 0.717) is 12.3 Å². The number of aromatic nitrogens is 1. The Labute approximate surface area is 134 Å². The molecule has 122 valence electrons. The highest BCUT2D eigenvalue weighted by atomic mass is 32.2. The Morgan fingerprint density at radius 2 is 1.91 bits per heavy atom. The van der Waals surface area contributed by atoms with E-state index < -0.39 is 28.9 Å². The number of nitrogens with one attached hydrogen (secondary N) is 2. The first-order chi connectivity index (χ1) is 10.8. The summed E-state index contributed by atoms with van der Waals surface area (Å²) in [6.45, 7) is 0. The lowest BCUT2D eigenvalue weighted by molar-refractivity contribution is -0.137. The molecule has 0 spiro atoms. The molecule has 0 radical (unpaired) electrons. The van der Waals surface area contributed by atoms with E-state index >= 15 is 0 Å². The van der Waals surface area contributed by atoms with E-state index in [9.17, 15) is 22.8 Å². The van der Waals surface area contributed by atoms with Crippen molar-refractivity contribution in [3.05, 3.63) is 63.6 Å². The minimum atomic E-state index is -4.61. The van der Waals surface area contributed by atoms with Crippen molar-refractivity contribution in [2.24, 2.45) is 0 Å². The van der Waals surface area contributed by atoms with Gasteiger partial charge in [-0.1, -0.05) is 12.1 Å². The molecule has 0 aliphatic rings.